The van der Waals surface area contributed by atoms with Crippen LogP contribution in [0.4, 0.5) is 0 Å². The lowest BCUT2D eigenvalue weighted by Crippen LogP contribution is -1.91. The van der Waals surface area contributed by atoms with Gasteiger partial charge in [0.1, 0.15) is 0 Å². The molecule has 0 aromatic carbocycles. The lowest BCUT2D eigenvalue weighted by Gasteiger charge is -1.93. The van der Waals surface area contributed by atoms with Crippen molar-refractivity contribution in [1.29, 1.82) is 0 Å². The average molecular weight is 208 g/mol. The van der Waals surface area contributed by atoms with Crippen molar-refractivity contribution < 1.29 is 9.90 Å². The Morgan fingerprint density at radius 2 is 1.70 bits per heavy atom. The minimum absolute atomic E-state index is 0.211. The molecule has 0 aromatic rings. The molecule has 0 amide bonds. The molecule has 0 N–H and O–H groups in total. The Morgan fingerprint density at radius 3 is 2.20 bits per heavy atom. The number of alkyl halides is 1. The highest BCUT2D eigenvalue weighted by atomic mass is 79.9. The number of carbonyl (C=O) groups excluding carboxylic acids is 1. The van der Waals surface area contributed by atoms with Crippen molar-refractivity contribution in [2.45, 2.75) is 32.1 Å². The van der Waals surface area contributed by atoms with Crippen LogP contribution in [-0.2, 0) is 9.90 Å². The molecule has 59 valence electrons. The molecule has 0 spiro atoms. The van der Waals surface area contributed by atoms with E-state index in [4.69, 9.17) is 0 Å². The van der Waals surface area contributed by atoms with Gasteiger partial charge in [0.25, 0.3) is 0 Å². The highest BCUT2D eigenvalue weighted by Gasteiger charge is 1.97. The quantitative estimate of drug-likeness (QED) is 0.487. The van der Waals surface area contributed by atoms with Crippen LogP contribution in [0.15, 0.2) is 0 Å². The smallest absolute Gasteiger partial charge is 0.247 e. The zero-order chi connectivity index (χ0) is 7.82. The summed E-state index contributed by atoms with van der Waals surface area (Å²) in [6, 6.07) is 0. The second kappa shape index (κ2) is 7.06. The fraction of sp³-hybridized carbons (Fsp3) is 0.857. The number of rotatable bonds is 6. The van der Waals surface area contributed by atoms with Crippen LogP contribution in [0.2, 0.25) is 0 Å². The van der Waals surface area contributed by atoms with Gasteiger partial charge in [0, 0.05) is 5.33 Å². The van der Waals surface area contributed by atoms with E-state index in [1.54, 1.807) is 0 Å². The van der Waals surface area contributed by atoms with Crippen LogP contribution in [0.5, 0.6) is 0 Å². The fourth-order valence-electron chi connectivity index (χ4n) is 0.717. The van der Waals surface area contributed by atoms with Gasteiger partial charge >= 0.3 is 5.97 Å². The fourth-order valence-corrected chi connectivity index (χ4v) is 1.11. The van der Waals surface area contributed by atoms with Gasteiger partial charge in [0.15, 0.2) is 0 Å². The van der Waals surface area contributed by atoms with Crippen molar-refractivity contribution >= 4 is 21.9 Å². The van der Waals surface area contributed by atoms with Crippen LogP contribution in [0, 0.1) is 0 Å². The zero-order valence-corrected chi connectivity index (χ0v) is 7.52. The summed E-state index contributed by atoms with van der Waals surface area (Å²) < 4.78 is 0. The lowest BCUT2D eigenvalue weighted by atomic mass is 10.2. The van der Waals surface area contributed by atoms with E-state index in [2.05, 4.69) is 15.9 Å². The summed E-state index contributed by atoms with van der Waals surface area (Å²) in [5, 5.41) is 10.9. The molecule has 0 bridgehead atoms. The Kier molecular flexibility index (Phi) is 7.03. The lowest BCUT2D eigenvalue weighted by molar-refractivity contribution is -0.143. The average Bonchev–Trinajstić information content (AvgIpc) is 1.87. The van der Waals surface area contributed by atoms with Gasteiger partial charge < -0.3 is 0 Å². The number of carbonyl (C=O) groups is 1. The molecule has 0 atom stereocenters. The second-order valence-electron chi connectivity index (χ2n) is 2.23. The van der Waals surface area contributed by atoms with Crippen LogP contribution in [0.25, 0.3) is 0 Å². The molecule has 0 saturated carbocycles. The van der Waals surface area contributed by atoms with E-state index in [9.17, 15) is 9.90 Å². The summed E-state index contributed by atoms with van der Waals surface area (Å²) >= 11 is 3.30. The minimum atomic E-state index is -0.932. The van der Waals surface area contributed by atoms with Crippen molar-refractivity contribution in [3.05, 3.63) is 0 Å². The first-order valence-corrected chi connectivity index (χ1v) is 4.65. The van der Waals surface area contributed by atoms with E-state index in [0.29, 0.717) is 0 Å². The highest BCUT2D eigenvalue weighted by Crippen LogP contribution is 2.04. The third-order valence-corrected chi connectivity index (χ3v) is 1.83. The van der Waals surface area contributed by atoms with Gasteiger partial charge in [-0.25, -0.2) is 9.90 Å². The van der Waals surface area contributed by atoms with Gasteiger partial charge in [-0.3, -0.25) is 0 Å². The molecule has 10 heavy (non-hydrogen) atoms. The molecule has 0 saturated heterocycles. The maximum atomic E-state index is 9.91. The summed E-state index contributed by atoms with van der Waals surface area (Å²) in [4.78, 5) is 9.91. The third-order valence-electron chi connectivity index (χ3n) is 1.26. The van der Waals surface area contributed by atoms with E-state index in [0.717, 1.165) is 31.0 Å². The van der Waals surface area contributed by atoms with Crippen LogP contribution in [-0.4, -0.2) is 11.3 Å². The van der Waals surface area contributed by atoms with Crippen molar-refractivity contribution in [1.82, 2.24) is 0 Å². The van der Waals surface area contributed by atoms with Gasteiger partial charge in [-0.15, -0.1) is 0 Å². The number of hydrogen-bond acceptors (Lipinski definition) is 1. The largest absolute Gasteiger partial charge is 0.355 e. The predicted octanol–water partition coefficient (Wildman–Crippen LogP) is 2.29. The SMILES string of the molecule is [O]C(=O)CCCCCCBr. The second-order valence-corrected chi connectivity index (χ2v) is 3.02. The van der Waals surface area contributed by atoms with Crippen LogP contribution in [0.1, 0.15) is 32.1 Å². The molecule has 0 unspecified atom stereocenters. The predicted molar refractivity (Wildman–Crippen MR) is 42.6 cm³/mol. The van der Waals surface area contributed by atoms with Gasteiger partial charge in [0.05, 0.1) is 6.42 Å². The molecule has 0 aromatic heterocycles. The molecule has 1 radical (unpaired) electrons. The van der Waals surface area contributed by atoms with Crippen molar-refractivity contribution in [2.75, 3.05) is 5.33 Å². The maximum absolute atomic E-state index is 9.91. The van der Waals surface area contributed by atoms with Crippen molar-refractivity contribution in [3.63, 3.8) is 0 Å². The van der Waals surface area contributed by atoms with E-state index < -0.39 is 5.97 Å². The van der Waals surface area contributed by atoms with Gasteiger partial charge in [0.2, 0.25) is 0 Å². The normalized spacial score (nSPS) is 9.70. The molecule has 0 aliphatic heterocycles. The standard InChI is InChI=1S/C7H12BrO2/c8-6-4-2-1-3-5-7(9)10/h1-6H2. The summed E-state index contributed by atoms with van der Waals surface area (Å²) in [5.74, 6) is -0.932. The summed E-state index contributed by atoms with van der Waals surface area (Å²) in [5.41, 5.74) is 0. The summed E-state index contributed by atoms with van der Waals surface area (Å²) in [6.07, 6.45) is 4.21. The van der Waals surface area contributed by atoms with Gasteiger partial charge in [-0.05, 0) is 12.8 Å². The molecule has 0 fully saturated rings. The number of halogens is 1. The molecule has 0 aliphatic rings. The monoisotopic (exact) mass is 207 g/mol. The Labute approximate surface area is 69.8 Å². The topological polar surface area (TPSA) is 37.0 Å². The zero-order valence-electron chi connectivity index (χ0n) is 5.94. The van der Waals surface area contributed by atoms with Crippen LogP contribution < -0.4 is 0 Å². The van der Waals surface area contributed by atoms with E-state index >= 15 is 0 Å². The molecule has 3 heteroatoms. The van der Waals surface area contributed by atoms with Gasteiger partial charge in [-0.1, -0.05) is 28.8 Å². The van der Waals surface area contributed by atoms with E-state index in [-0.39, 0.29) is 6.42 Å². The summed E-state index contributed by atoms with van der Waals surface area (Å²) in [6.45, 7) is 0. The third kappa shape index (κ3) is 7.95. The first kappa shape index (κ1) is 9.95. The van der Waals surface area contributed by atoms with Crippen molar-refractivity contribution in [3.8, 4) is 0 Å². The van der Waals surface area contributed by atoms with E-state index in [1.165, 1.54) is 0 Å². The molecule has 0 rings (SSSR count). The van der Waals surface area contributed by atoms with Crippen LogP contribution >= 0.6 is 15.9 Å². The molecular formula is C7H12BrO2. The Balaban J connectivity index is 2.84. The van der Waals surface area contributed by atoms with Crippen LogP contribution in [0.3, 0.4) is 0 Å². The van der Waals surface area contributed by atoms with Crippen molar-refractivity contribution in [2.24, 2.45) is 0 Å². The first-order valence-electron chi connectivity index (χ1n) is 3.53. The number of unbranched alkanes of at least 4 members (excludes halogenated alkanes) is 3. The first-order chi connectivity index (χ1) is 4.77. The highest BCUT2D eigenvalue weighted by molar-refractivity contribution is 9.09. The Bertz CT molecular complexity index is 93.6. The molecule has 0 aliphatic carbocycles. The Hall–Kier alpha value is -0.0500. The molecule has 0 heterocycles. The Morgan fingerprint density at radius 1 is 1.10 bits per heavy atom. The van der Waals surface area contributed by atoms with E-state index in [1.807, 2.05) is 0 Å². The summed E-state index contributed by atoms with van der Waals surface area (Å²) in [7, 11) is 0. The number of hydrogen-bond donors (Lipinski definition) is 0. The minimum Gasteiger partial charge on any atom is -0.247 e. The maximum Gasteiger partial charge on any atom is 0.355 e. The molecule has 2 nitrogen and oxygen atoms in total. The van der Waals surface area contributed by atoms with Gasteiger partial charge in [-0.2, -0.15) is 0 Å². The molecular weight excluding hydrogens is 196 g/mol.